The van der Waals surface area contributed by atoms with Crippen molar-refractivity contribution in [2.45, 2.75) is 6.92 Å². The molecule has 3 rings (SSSR count). The first-order valence-corrected chi connectivity index (χ1v) is 7.98. The Morgan fingerprint density at radius 1 is 1.31 bits per heavy atom. The number of halogens is 2. The Balaban J connectivity index is 2.14. The van der Waals surface area contributed by atoms with E-state index in [1.807, 2.05) is 0 Å². The Kier molecular flexibility index (Phi) is 4.85. The van der Waals surface area contributed by atoms with Gasteiger partial charge in [0.2, 0.25) is 0 Å². The smallest absolute Gasteiger partial charge is 0.253 e. The predicted octanol–water partition coefficient (Wildman–Crippen LogP) is 2.63. The van der Waals surface area contributed by atoms with Crippen LogP contribution >= 0.6 is 0 Å². The fourth-order valence-corrected chi connectivity index (χ4v) is 2.65. The van der Waals surface area contributed by atoms with Crippen LogP contribution in [0.4, 0.5) is 20.2 Å². The number of aliphatic hydroxyl groups excluding tert-OH is 1. The van der Waals surface area contributed by atoms with Crippen LogP contribution in [0.5, 0.6) is 0 Å². The van der Waals surface area contributed by atoms with Crippen LogP contribution in [0.25, 0.3) is 11.0 Å². The number of imidazole rings is 1. The summed E-state index contributed by atoms with van der Waals surface area (Å²) in [7, 11) is 1.68. The van der Waals surface area contributed by atoms with Gasteiger partial charge in [0.25, 0.3) is 5.91 Å². The van der Waals surface area contributed by atoms with Crippen LogP contribution in [-0.2, 0) is 7.05 Å². The van der Waals surface area contributed by atoms with Crippen molar-refractivity contribution in [3.8, 4) is 0 Å². The van der Waals surface area contributed by atoms with Gasteiger partial charge in [-0.25, -0.2) is 13.8 Å². The molecular formula is C18H18F2N4O2. The first-order valence-electron chi connectivity index (χ1n) is 7.98. The third-order valence-corrected chi connectivity index (χ3v) is 3.99. The van der Waals surface area contributed by atoms with Crippen LogP contribution in [0.3, 0.4) is 0 Å². The molecule has 0 unspecified atom stereocenters. The van der Waals surface area contributed by atoms with E-state index in [-0.39, 0.29) is 35.6 Å². The average Bonchev–Trinajstić information content (AvgIpc) is 2.98. The van der Waals surface area contributed by atoms with Crippen LogP contribution in [0.15, 0.2) is 30.6 Å². The summed E-state index contributed by atoms with van der Waals surface area (Å²) in [6.45, 7) is 1.50. The molecule has 0 radical (unpaired) electrons. The number of nitrogens with one attached hydrogen (secondary N) is 2. The van der Waals surface area contributed by atoms with Gasteiger partial charge < -0.3 is 20.3 Å². The molecule has 0 aliphatic carbocycles. The van der Waals surface area contributed by atoms with Gasteiger partial charge >= 0.3 is 0 Å². The van der Waals surface area contributed by atoms with Gasteiger partial charge in [-0.1, -0.05) is 6.07 Å². The number of rotatable bonds is 5. The van der Waals surface area contributed by atoms with Gasteiger partial charge in [-0.2, -0.15) is 0 Å². The fourth-order valence-electron chi connectivity index (χ4n) is 2.65. The number of carbonyl (C=O) groups excluding carboxylic acids is 1. The second kappa shape index (κ2) is 7.09. The number of hydrogen-bond acceptors (Lipinski definition) is 4. The molecule has 0 aliphatic heterocycles. The van der Waals surface area contributed by atoms with Gasteiger partial charge in [0, 0.05) is 13.6 Å². The SMILES string of the molecule is Cc1ccc(Nc2c(C(=O)NCCO)cc3c(ncn3C)c2F)c(F)c1. The van der Waals surface area contributed by atoms with Crippen molar-refractivity contribution < 1.29 is 18.7 Å². The van der Waals surface area contributed by atoms with Gasteiger partial charge in [-0.15, -0.1) is 0 Å². The van der Waals surface area contributed by atoms with E-state index in [0.717, 1.165) is 5.56 Å². The maximum Gasteiger partial charge on any atom is 0.253 e. The first kappa shape index (κ1) is 17.8. The maximum atomic E-state index is 15.0. The van der Waals surface area contributed by atoms with Crippen molar-refractivity contribution >= 4 is 28.3 Å². The normalized spacial score (nSPS) is 11.0. The highest BCUT2D eigenvalue weighted by Gasteiger charge is 2.22. The number of anilines is 2. The summed E-state index contributed by atoms with van der Waals surface area (Å²) in [5.41, 5.74) is 1.07. The maximum absolute atomic E-state index is 15.0. The highest BCUT2D eigenvalue weighted by Crippen LogP contribution is 2.31. The zero-order chi connectivity index (χ0) is 18.8. The molecule has 0 bridgehead atoms. The summed E-state index contributed by atoms with van der Waals surface area (Å²) in [5, 5.41) is 14.1. The molecule has 0 aliphatic rings. The van der Waals surface area contributed by atoms with Gasteiger partial charge in [0.05, 0.1) is 35.4 Å². The second-order valence-electron chi connectivity index (χ2n) is 5.92. The third-order valence-electron chi connectivity index (χ3n) is 3.99. The minimum absolute atomic E-state index is 0.00738. The van der Waals surface area contributed by atoms with E-state index >= 15 is 4.39 Å². The van der Waals surface area contributed by atoms with Crippen molar-refractivity contribution in [2.75, 3.05) is 18.5 Å². The van der Waals surface area contributed by atoms with Crippen LogP contribution in [0.1, 0.15) is 15.9 Å². The standard InChI is InChI=1S/C18H18F2N4O2/c1-10-3-4-13(12(19)7-10)23-16-11(18(26)21-5-6-25)8-14-17(15(16)20)22-9-24(14)2/h3-4,7-9,23,25H,5-6H2,1-2H3,(H,21,26). The molecule has 0 saturated carbocycles. The summed E-state index contributed by atoms with van der Waals surface area (Å²) in [6, 6.07) is 5.94. The molecule has 0 fully saturated rings. The zero-order valence-corrected chi connectivity index (χ0v) is 14.3. The molecule has 2 aromatic carbocycles. The van der Waals surface area contributed by atoms with Gasteiger partial charge in [0.15, 0.2) is 5.82 Å². The number of aryl methyl sites for hydroxylation is 2. The van der Waals surface area contributed by atoms with Crippen molar-refractivity contribution in [1.82, 2.24) is 14.9 Å². The highest BCUT2D eigenvalue weighted by atomic mass is 19.1. The van der Waals surface area contributed by atoms with Crippen molar-refractivity contribution in [3.63, 3.8) is 0 Å². The van der Waals surface area contributed by atoms with Crippen LogP contribution < -0.4 is 10.6 Å². The number of carbonyl (C=O) groups is 1. The third kappa shape index (κ3) is 3.23. The average molecular weight is 360 g/mol. The summed E-state index contributed by atoms with van der Waals surface area (Å²) in [5.74, 6) is -1.90. The van der Waals surface area contributed by atoms with Crippen LogP contribution in [-0.4, -0.2) is 33.7 Å². The molecule has 1 heterocycles. The lowest BCUT2D eigenvalue weighted by atomic mass is 10.1. The molecule has 1 amide bonds. The fraction of sp³-hybridized carbons (Fsp3) is 0.222. The van der Waals surface area contributed by atoms with E-state index in [2.05, 4.69) is 15.6 Å². The minimum Gasteiger partial charge on any atom is -0.395 e. The first-order chi connectivity index (χ1) is 12.4. The molecule has 6 nitrogen and oxygen atoms in total. The van der Waals surface area contributed by atoms with Gasteiger partial charge in [0.1, 0.15) is 11.3 Å². The van der Waals surface area contributed by atoms with Gasteiger partial charge in [-0.05, 0) is 30.7 Å². The Morgan fingerprint density at radius 3 is 2.77 bits per heavy atom. The molecule has 136 valence electrons. The lowest BCUT2D eigenvalue weighted by Gasteiger charge is -2.15. The Bertz CT molecular complexity index is 985. The minimum atomic E-state index is -0.753. The quantitative estimate of drug-likeness (QED) is 0.654. The van der Waals surface area contributed by atoms with Crippen LogP contribution in [0, 0.1) is 18.6 Å². The zero-order valence-electron chi connectivity index (χ0n) is 14.3. The van der Waals surface area contributed by atoms with Crippen LogP contribution in [0.2, 0.25) is 0 Å². The van der Waals surface area contributed by atoms with E-state index in [4.69, 9.17) is 5.11 Å². The molecule has 1 aromatic heterocycles. The molecule has 3 aromatic rings. The Labute approximate surface area is 148 Å². The number of hydrogen-bond donors (Lipinski definition) is 3. The number of fused-ring (bicyclic) bond motifs is 1. The highest BCUT2D eigenvalue weighted by molar-refractivity contribution is 6.04. The van der Waals surface area contributed by atoms with E-state index in [0.29, 0.717) is 5.52 Å². The lowest BCUT2D eigenvalue weighted by Crippen LogP contribution is -2.27. The predicted molar refractivity (Wildman–Crippen MR) is 94.5 cm³/mol. The molecule has 0 spiro atoms. The molecule has 3 N–H and O–H groups in total. The summed E-state index contributed by atoms with van der Waals surface area (Å²) in [4.78, 5) is 16.4. The molecular weight excluding hydrogens is 342 g/mol. The summed E-state index contributed by atoms with van der Waals surface area (Å²) < 4.78 is 30.8. The molecule has 0 atom stereocenters. The van der Waals surface area contributed by atoms with Crippen molar-refractivity contribution in [2.24, 2.45) is 7.05 Å². The number of aliphatic hydroxyl groups is 1. The van der Waals surface area contributed by atoms with Crippen molar-refractivity contribution in [3.05, 3.63) is 53.4 Å². The number of amides is 1. The number of aromatic nitrogens is 2. The van der Waals surface area contributed by atoms with E-state index in [9.17, 15) is 9.18 Å². The van der Waals surface area contributed by atoms with Crippen molar-refractivity contribution in [1.29, 1.82) is 0 Å². The van der Waals surface area contributed by atoms with E-state index < -0.39 is 17.5 Å². The van der Waals surface area contributed by atoms with E-state index in [1.54, 1.807) is 24.6 Å². The molecule has 26 heavy (non-hydrogen) atoms. The topological polar surface area (TPSA) is 79.2 Å². The number of nitrogens with zero attached hydrogens (tertiary/aromatic N) is 2. The monoisotopic (exact) mass is 360 g/mol. The molecule has 8 heteroatoms. The Morgan fingerprint density at radius 2 is 2.08 bits per heavy atom. The van der Waals surface area contributed by atoms with Gasteiger partial charge in [-0.3, -0.25) is 4.79 Å². The van der Waals surface area contributed by atoms with E-state index in [1.165, 1.54) is 24.5 Å². The molecule has 0 saturated heterocycles. The lowest BCUT2D eigenvalue weighted by molar-refractivity contribution is 0.0945. The second-order valence-corrected chi connectivity index (χ2v) is 5.92. The number of benzene rings is 2. The summed E-state index contributed by atoms with van der Waals surface area (Å²) >= 11 is 0. The summed E-state index contributed by atoms with van der Waals surface area (Å²) in [6.07, 6.45) is 1.43. The largest absolute Gasteiger partial charge is 0.395 e. The Hall–Kier alpha value is -3.00.